The van der Waals surface area contributed by atoms with Gasteiger partial charge in [0.1, 0.15) is 11.9 Å². The topological polar surface area (TPSA) is 108 Å². The number of urea groups is 1. The van der Waals surface area contributed by atoms with Crippen LogP contribution in [0.15, 0.2) is 48.5 Å². The molecule has 0 aromatic heterocycles. The second-order valence-electron chi connectivity index (χ2n) is 7.88. The Balaban J connectivity index is 1.51. The Bertz CT molecular complexity index is 960. The van der Waals surface area contributed by atoms with Crippen LogP contribution in [0.2, 0.25) is 0 Å². The van der Waals surface area contributed by atoms with Gasteiger partial charge in [-0.1, -0.05) is 25.5 Å². The van der Waals surface area contributed by atoms with Gasteiger partial charge in [0.05, 0.1) is 4.92 Å². The molecule has 176 valence electrons. The fourth-order valence-corrected chi connectivity index (χ4v) is 3.73. The molecule has 1 unspecified atom stereocenters. The molecule has 0 bridgehead atoms. The Morgan fingerprint density at radius 3 is 2.27 bits per heavy atom. The Morgan fingerprint density at radius 2 is 1.70 bits per heavy atom. The van der Waals surface area contributed by atoms with E-state index in [0.717, 1.165) is 17.7 Å². The lowest BCUT2D eigenvalue weighted by molar-refractivity contribution is -0.384. The molecule has 0 radical (unpaired) electrons. The molecular weight excluding hydrogens is 429 g/mol. The number of nitrogens with zero attached hydrogens (tertiary/aromatic N) is 3. The van der Waals surface area contributed by atoms with Gasteiger partial charge < -0.3 is 20.4 Å². The summed E-state index contributed by atoms with van der Waals surface area (Å²) in [5, 5.41) is 16.3. The number of rotatable bonds is 8. The molecule has 10 heteroatoms. The Morgan fingerprint density at radius 1 is 1.06 bits per heavy atom. The van der Waals surface area contributed by atoms with Crippen molar-refractivity contribution >= 4 is 23.3 Å². The number of halogens is 1. The molecule has 1 aliphatic rings. The SMILES string of the molecule is CCCC(NC(=O)NCc1ccc(F)cc1)C(=O)N1CCN(c2ccc([N+](=O)[O-])cc2)CC1. The second kappa shape index (κ2) is 11.3. The highest BCUT2D eigenvalue weighted by Gasteiger charge is 2.28. The molecule has 2 N–H and O–H groups in total. The number of benzene rings is 2. The van der Waals surface area contributed by atoms with Crippen LogP contribution in [0.4, 0.5) is 20.6 Å². The average Bonchev–Trinajstić information content (AvgIpc) is 2.83. The van der Waals surface area contributed by atoms with E-state index in [1.165, 1.54) is 24.3 Å². The van der Waals surface area contributed by atoms with E-state index < -0.39 is 17.0 Å². The van der Waals surface area contributed by atoms with Gasteiger partial charge in [0.2, 0.25) is 5.91 Å². The first kappa shape index (κ1) is 24.0. The molecule has 2 aromatic carbocycles. The summed E-state index contributed by atoms with van der Waals surface area (Å²) in [7, 11) is 0. The summed E-state index contributed by atoms with van der Waals surface area (Å²) >= 11 is 0. The van der Waals surface area contributed by atoms with E-state index in [0.29, 0.717) is 32.6 Å². The molecule has 9 nitrogen and oxygen atoms in total. The van der Waals surface area contributed by atoms with E-state index >= 15 is 0 Å². The maximum absolute atomic E-state index is 13.0. The van der Waals surface area contributed by atoms with E-state index in [-0.39, 0.29) is 24.0 Å². The Labute approximate surface area is 191 Å². The molecule has 1 heterocycles. The van der Waals surface area contributed by atoms with Gasteiger partial charge in [0.15, 0.2) is 0 Å². The van der Waals surface area contributed by atoms with Crippen LogP contribution in [-0.4, -0.2) is 54.0 Å². The number of nitrogens with one attached hydrogen (secondary N) is 2. The molecular formula is C23H28FN5O4. The molecule has 0 spiro atoms. The molecule has 1 saturated heterocycles. The molecule has 2 aromatic rings. The third kappa shape index (κ3) is 6.64. The van der Waals surface area contributed by atoms with Crippen LogP contribution in [0.3, 0.4) is 0 Å². The number of hydrogen-bond donors (Lipinski definition) is 2. The number of anilines is 1. The van der Waals surface area contributed by atoms with E-state index in [2.05, 4.69) is 15.5 Å². The van der Waals surface area contributed by atoms with Gasteiger partial charge in [0.25, 0.3) is 5.69 Å². The smallest absolute Gasteiger partial charge is 0.315 e. The van der Waals surface area contributed by atoms with Crippen molar-refractivity contribution in [3.8, 4) is 0 Å². The van der Waals surface area contributed by atoms with Gasteiger partial charge in [0, 0.05) is 50.5 Å². The van der Waals surface area contributed by atoms with Crippen LogP contribution < -0.4 is 15.5 Å². The number of hydrogen-bond acceptors (Lipinski definition) is 5. The minimum atomic E-state index is -0.630. The Kier molecular flexibility index (Phi) is 8.17. The summed E-state index contributed by atoms with van der Waals surface area (Å²) in [6.07, 6.45) is 1.25. The van der Waals surface area contributed by atoms with Gasteiger partial charge in [-0.3, -0.25) is 14.9 Å². The molecule has 3 amide bonds. The zero-order chi connectivity index (χ0) is 23.8. The monoisotopic (exact) mass is 457 g/mol. The van der Waals surface area contributed by atoms with Crippen LogP contribution in [0, 0.1) is 15.9 Å². The van der Waals surface area contributed by atoms with Crippen LogP contribution in [0.25, 0.3) is 0 Å². The number of carbonyl (C=O) groups excluding carboxylic acids is 2. The largest absolute Gasteiger partial charge is 0.368 e. The molecule has 0 aliphatic carbocycles. The number of nitro benzene ring substituents is 1. The van der Waals surface area contributed by atoms with E-state index in [1.54, 1.807) is 29.2 Å². The Hall–Kier alpha value is -3.69. The van der Waals surface area contributed by atoms with E-state index in [9.17, 15) is 24.1 Å². The second-order valence-corrected chi connectivity index (χ2v) is 7.88. The molecule has 1 atom stereocenters. The van der Waals surface area contributed by atoms with Crippen LogP contribution in [0.1, 0.15) is 25.3 Å². The molecule has 3 rings (SSSR count). The minimum Gasteiger partial charge on any atom is -0.368 e. The number of nitro groups is 1. The zero-order valence-corrected chi connectivity index (χ0v) is 18.5. The predicted molar refractivity (Wildman–Crippen MR) is 122 cm³/mol. The summed E-state index contributed by atoms with van der Waals surface area (Å²) in [6, 6.07) is 11.1. The van der Waals surface area contributed by atoms with Gasteiger partial charge in [-0.2, -0.15) is 0 Å². The van der Waals surface area contributed by atoms with Gasteiger partial charge in [-0.25, -0.2) is 9.18 Å². The fraction of sp³-hybridized carbons (Fsp3) is 0.391. The number of non-ortho nitro benzene ring substituents is 1. The third-order valence-electron chi connectivity index (χ3n) is 5.56. The maximum Gasteiger partial charge on any atom is 0.315 e. The predicted octanol–water partition coefficient (Wildman–Crippen LogP) is 3.05. The van der Waals surface area contributed by atoms with Crippen molar-refractivity contribution in [3.05, 3.63) is 70.0 Å². The van der Waals surface area contributed by atoms with Gasteiger partial charge in [-0.15, -0.1) is 0 Å². The van der Waals surface area contributed by atoms with Crippen LogP contribution >= 0.6 is 0 Å². The van der Waals surface area contributed by atoms with Crippen LogP contribution in [-0.2, 0) is 11.3 Å². The lowest BCUT2D eigenvalue weighted by atomic mass is 10.1. The zero-order valence-electron chi connectivity index (χ0n) is 18.5. The first-order valence-corrected chi connectivity index (χ1v) is 10.9. The summed E-state index contributed by atoms with van der Waals surface area (Å²) in [4.78, 5) is 39.6. The highest BCUT2D eigenvalue weighted by Crippen LogP contribution is 2.21. The molecule has 1 fully saturated rings. The number of piperazine rings is 1. The van der Waals surface area contributed by atoms with Crippen molar-refractivity contribution in [1.29, 1.82) is 0 Å². The van der Waals surface area contributed by atoms with Crippen molar-refractivity contribution in [2.24, 2.45) is 0 Å². The lowest BCUT2D eigenvalue weighted by Gasteiger charge is -2.37. The molecule has 33 heavy (non-hydrogen) atoms. The first-order valence-electron chi connectivity index (χ1n) is 10.9. The summed E-state index contributed by atoms with van der Waals surface area (Å²) in [5.74, 6) is -0.470. The first-order chi connectivity index (χ1) is 15.9. The number of carbonyl (C=O) groups is 2. The normalized spacial score (nSPS) is 14.5. The molecule has 1 aliphatic heterocycles. The summed E-state index contributed by atoms with van der Waals surface area (Å²) in [6.45, 7) is 4.36. The van der Waals surface area contributed by atoms with Gasteiger partial charge >= 0.3 is 6.03 Å². The highest BCUT2D eigenvalue weighted by atomic mass is 19.1. The van der Waals surface area contributed by atoms with Crippen molar-refractivity contribution in [3.63, 3.8) is 0 Å². The van der Waals surface area contributed by atoms with Gasteiger partial charge in [-0.05, 0) is 36.2 Å². The van der Waals surface area contributed by atoms with Crippen LogP contribution in [0.5, 0.6) is 0 Å². The number of amides is 3. The summed E-state index contributed by atoms with van der Waals surface area (Å²) < 4.78 is 13.0. The fourth-order valence-electron chi connectivity index (χ4n) is 3.73. The minimum absolute atomic E-state index is 0.0405. The molecule has 0 saturated carbocycles. The van der Waals surface area contributed by atoms with Crippen molar-refractivity contribution in [2.75, 3.05) is 31.1 Å². The van der Waals surface area contributed by atoms with Crippen molar-refractivity contribution < 1.29 is 18.9 Å². The summed E-state index contributed by atoms with van der Waals surface area (Å²) in [5.41, 5.74) is 1.67. The average molecular weight is 458 g/mol. The standard InChI is InChI=1S/C23H28FN5O4/c1-2-3-21(26-23(31)25-16-17-4-6-18(24)7-5-17)22(30)28-14-12-27(13-15-28)19-8-10-20(11-9-19)29(32)33/h4-11,21H,2-3,12-16H2,1H3,(H2,25,26,31). The highest BCUT2D eigenvalue weighted by molar-refractivity contribution is 5.87. The quantitative estimate of drug-likeness (QED) is 0.468. The van der Waals surface area contributed by atoms with E-state index in [4.69, 9.17) is 0 Å². The van der Waals surface area contributed by atoms with E-state index in [1.807, 2.05) is 6.92 Å². The lowest BCUT2D eigenvalue weighted by Crippen LogP contribution is -2.56. The van der Waals surface area contributed by atoms with Crippen molar-refractivity contribution in [2.45, 2.75) is 32.4 Å². The van der Waals surface area contributed by atoms with Crippen molar-refractivity contribution in [1.82, 2.24) is 15.5 Å². The maximum atomic E-state index is 13.0. The third-order valence-corrected chi connectivity index (χ3v) is 5.56.